The Morgan fingerprint density at radius 2 is 1.73 bits per heavy atom. The van der Waals surface area contributed by atoms with Crippen molar-refractivity contribution in [2.45, 2.75) is 26.9 Å². The quantitative estimate of drug-likeness (QED) is 0.657. The minimum Gasteiger partial charge on any atom is -0.485 e. The molecule has 154 valence electrons. The second-order valence-corrected chi connectivity index (χ2v) is 7.27. The van der Waals surface area contributed by atoms with Gasteiger partial charge >= 0.3 is 0 Å². The molecule has 0 bridgehead atoms. The van der Waals surface area contributed by atoms with Crippen LogP contribution in [0.4, 0.5) is 0 Å². The molecule has 1 aromatic heterocycles. The highest BCUT2D eigenvalue weighted by molar-refractivity contribution is 5.97. The van der Waals surface area contributed by atoms with Crippen LogP contribution < -0.4 is 20.3 Å². The molecule has 2 aromatic carbocycles. The van der Waals surface area contributed by atoms with Crippen LogP contribution in [0.1, 0.15) is 27.3 Å². The maximum atomic E-state index is 12.7. The summed E-state index contributed by atoms with van der Waals surface area (Å²) in [6.07, 6.45) is -0.847. The van der Waals surface area contributed by atoms with Crippen molar-refractivity contribution in [3.63, 3.8) is 0 Å². The number of aromatic nitrogens is 1. The van der Waals surface area contributed by atoms with Crippen molar-refractivity contribution in [3.05, 3.63) is 77.1 Å². The zero-order valence-electron chi connectivity index (χ0n) is 17.1. The van der Waals surface area contributed by atoms with E-state index >= 15 is 0 Å². The van der Waals surface area contributed by atoms with Crippen molar-refractivity contribution < 1.29 is 19.1 Å². The molecule has 2 amide bonds. The number of hydrogen-bond donors (Lipinski definition) is 2. The molecule has 2 N–H and O–H groups in total. The second-order valence-electron chi connectivity index (χ2n) is 7.27. The Bertz CT molecular complexity index is 1120. The van der Waals surface area contributed by atoms with Gasteiger partial charge in [-0.2, -0.15) is 0 Å². The van der Waals surface area contributed by atoms with Gasteiger partial charge in [0.1, 0.15) is 6.61 Å². The Balaban J connectivity index is 1.44. The average molecular weight is 405 g/mol. The first kappa shape index (κ1) is 19.6. The van der Waals surface area contributed by atoms with E-state index in [1.807, 2.05) is 49.6 Å². The molecule has 3 aromatic rings. The molecule has 0 fully saturated rings. The van der Waals surface area contributed by atoms with E-state index in [1.165, 1.54) is 0 Å². The summed E-state index contributed by atoms with van der Waals surface area (Å²) in [5.74, 6) is 0.212. The van der Waals surface area contributed by atoms with Gasteiger partial charge in [-0.05, 0) is 56.7 Å². The van der Waals surface area contributed by atoms with Crippen LogP contribution in [-0.2, 0) is 4.79 Å². The van der Waals surface area contributed by atoms with Crippen LogP contribution in [0.3, 0.4) is 0 Å². The minimum atomic E-state index is -0.847. The summed E-state index contributed by atoms with van der Waals surface area (Å²) in [5.41, 5.74) is 9.23. The molecule has 1 unspecified atom stereocenters. The number of fused-ring (bicyclic) bond motifs is 1. The number of hydrazine groups is 1. The van der Waals surface area contributed by atoms with E-state index in [2.05, 4.69) is 16.9 Å². The number of nitrogens with one attached hydrogen (secondary N) is 2. The van der Waals surface area contributed by atoms with E-state index in [-0.39, 0.29) is 6.61 Å². The van der Waals surface area contributed by atoms with Crippen molar-refractivity contribution in [2.24, 2.45) is 0 Å². The molecule has 0 radical (unpaired) electrons. The highest BCUT2D eigenvalue weighted by Gasteiger charge is 2.28. The first-order chi connectivity index (χ1) is 14.4. The standard InChI is InChI=1S/C23H23N3O4/c1-14-7-6-8-17(11-14)26-15(2)12-18(16(26)3)22(27)24-25-23(28)21-13-29-19-9-4-5-10-20(19)30-21/h4-12,21H,13H2,1-3H3,(H,24,27)(H,25,28). The van der Waals surface area contributed by atoms with Gasteiger partial charge in [-0.3, -0.25) is 20.4 Å². The highest BCUT2D eigenvalue weighted by Crippen LogP contribution is 2.30. The third-order valence-corrected chi connectivity index (χ3v) is 5.04. The lowest BCUT2D eigenvalue weighted by Crippen LogP contribution is -2.50. The van der Waals surface area contributed by atoms with E-state index in [1.54, 1.807) is 24.3 Å². The number of ether oxygens (including phenoxy) is 2. The number of nitrogens with zero attached hydrogens (tertiary/aromatic N) is 1. The Hall–Kier alpha value is -3.74. The fourth-order valence-electron chi connectivity index (χ4n) is 3.57. The Morgan fingerprint density at radius 3 is 2.50 bits per heavy atom. The lowest BCUT2D eigenvalue weighted by Gasteiger charge is -2.25. The predicted molar refractivity (Wildman–Crippen MR) is 112 cm³/mol. The van der Waals surface area contributed by atoms with Gasteiger partial charge in [0.2, 0.25) is 6.10 Å². The molecule has 1 atom stereocenters. The van der Waals surface area contributed by atoms with Gasteiger partial charge in [-0.25, -0.2) is 0 Å². The molecule has 30 heavy (non-hydrogen) atoms. The van der Waals surface area contributed by atoms with Crippen LogP contribution in [0.2, 0.25) is 0 Å². The second kappa shape index (κ2) is 7.94. The molecular formula is C23H23N3O4. The van der Waals surface area contributed by atoms with E-state index < -0.39 is 17.9 Å². The first-order valence-corrected chi connectivity index (χ1v) is 9.68. The first-order valence-electron chi connectivity index (χ1n) is 9.68. The van der Waals surface area contributed by atoms with Gasteiger partial charge < -0.3 is 14.0 Å². The van der Waals surface area contributed by atoms with Gasteiger partial charge in [0.25, 0.3) is 11.8 Å². The Morgan fingerprint density at radius 1 is 0.967 bits per heavy atom. The predicted octanol–water partition coefficient (Wildman–Crippen LogP) is 3.00. The van der Waals surface area contributed by atoms with E-state index in [0.29, 0.717) is 17.1 Å². The summed E-state index contributed by atoms with van der Waals surface area (Å²) >= 11 is 0. The molecule has 7 nitrogen and oxygen atoms in total. The van der Waals surface area contributed by atoms with Crippen LogP contribution in [0.15, 0.2) is 54.6 Å². The monoisotopic (exact) mass is 405 g/mol. The summed E-state index contributed by atoms with van der Waals surface area (Å²) in [6, 6.07) is 17.0. The molecule has 0 aliphatic carbocycles. The zero-order chi connectivity index (χ0) is 21.3. The molecule has 7 heteroatoms. The van der Waals surface area contributed by atoms with Crippen LogP contribution >= 0.6 is 0 Å². The summed E-state index contributed by atoms with van der Waals surface area (Å²) < 4.78 is 13.2. The largest absolute Gasteiger partial charge is 0.485 e. The van der Waals surface area contributed by atoms with E-state index in [4.69, 9.17) is 9.47 Å². The summed E-state index contributed by atoms with van der Waals surface area (Å²) in [7, 11) is 0. The van der Waals surface area contributed by atoms with Crippen LogP contribution in [0, 0.1) is 20.8 Å². The van der Waals surface area contributed by atoms with Crippen LogP contribution in [-0.4, -0.2) is 29.1 Å². The lowest BCUT2D eigenvalue weighted by molar-refractivity contribution is -0.131. The van der Waals surface area contributed by atoms with Gasteiger partial charge in [0.05, 0.1) is 5.56 Å². The molecule has 4 rings (SSSR count). The Kier molecular flexibility index (Phi) is 5.18. The molecule has 0 saturated heterocycles. The van der Waals surface area contributed by atoms with Gasteiger partial charge in [0.15, 0.2) is 11.5 Å². The third-order valence-electron chi connectivity index (χ3n) is 5.04. The lowest BCUT2D eigenvalue weighted by atomic mass is 10.2. The van der Waals surface area contributed by atoms with Crippen LogP contribution in [0.5, 0.6) is 11.5 Å². The maximum absolute atomic E-state index is 12.7. The number of hydrogen-bond acceptors (Lipinski definition) is 4. The van der Waals surface area contributed by atoms with Gasteiger partial charge in [0, 0.05) is 17.1 Å². The SMILES string of the molecule is Cc1cccc(-n2c(C)cc(C(=O)NNC(=O)C3COc4ccccc4O3)c2C)c1. The highest BCUT2D eigenvalue weighted by atomic mass is 16.6. The van der Waals surface area contributed by atoms with E-state index in [0.717, 1.165) is 22.6 Å². The summed E-state index contributed by atoms with van der Waals surface area (Å²) in [5, 5.41) is 0. The summed E-state index contributed by atoms with van der Waals surface area (Å²) in [4.78, 5) is 25.1. The van der Waals surface area contributed by atoms with Crippen LogP contribution in [0.25, 0.3) is 5.69 Å². The number of amides is 2. The number of rotatable bonds is 3. The Labute approximate surface area is 174 Å². The van der Waals surface area contributed by atoms with Crippen molar-refractivity contribution >= 4 is 11.8 Å². The topological polar surface area (TPSA) is 81.6 Å². The fraction of sp³-hybridized carbons (Fsp3) is 0.217. The molecule has 0 saturated carbocycles. The maximum Gasteiger partial charge on any atom is 0.283 e. The number of benzene rings is 2. The van der Waals surface area contributed by atoms with Crippen molar-refractivity contribution in [2.75, 3.05) is 6.61 Å². The van der Waals surface area contributed by atoms with Crippen molar-refractivity contribution in [1.29, 1.82) is 0 Å². The third kappa shape index (κ3) is 3.74. The van der Waals surface area contributed by atoms with Crippen molar-refractivity contribution in [1.82, 2.24) is 15.4 Å². The number of aryl methyl sites for hydroxylation is 2. The fourth-order valence-corrected chi connectivity index (χ4v) is 3.57. The number of para-hydroxylation sites is 2. The zero-order valence-corrected chi connectivity index (χ0v) is 17.1. The normalized spacial score (nSPS) is 14.8. The van der Waals surface area contributed by atoms with E-state index in [9.17, 15) is 9.59 Å². The van der Waals surface area contributed by atoms with Gasteiger partial charge in [-0.15, -0.1) is 0 Å². The number of carbonyl (C=O) groups excluding carboxylic acids is 2. The molecular weight excluding hydrogens is 382 g/mol. The van der Waals surface area contributed by atoms with Gasteiger partial charge in [-0.1, -0.05) is 24.3 Å². The molecule has 0 spiro atoms. The average Bonchev–Trinajstić information content (AvgIpc) is 3.05. The minimum absolute atomic E-state index is 0.0700. The number of carbonyl (C=O) groups is 2. The molecule has 1 aliphatic rings. The smallest absolute Gasteiger partial charge is 0.283 e. The van der Waals surface area contributed by atoms with Crippen molar-refractivity contribution in [3.8, 4) is 17.2 Å². The molecule has 2 heterocycles. The molecule has 1 aliphatic heterocycles. The summed E-state index contributed by atoms with van der Waals surface area (Å²) in [6.45, 7) is 5.91.